The number of ether oxygens (including phenoxy) is 7. The van der Waals surface area contributed by atoms with Crippen molar-refractivity contribution in [3.63, 3.8) is 0 Å². The maximum atomic E-state index is 13.8. The van der Waals surface area contributed by atoms with Crippen LogP contribution in [0.25, 0.3) is 0 Å². The van der Waals surface area contributed by atoms with Crippen LogP contribution >= 0.6 is 0 Å². The highest BCUT2D eigenvalue weighted by Crippen LogP contribution is 2.33. The Morgan fingerprint density at radius 3 is 1.50 bits per heavy atom. The lowest BCUT2D eigenvalue weighted by Crippen LogP contribution is -2.62. The van der Waals surface area contributed by atoms with Gasteiger partial charge < -0.3 is 33.2 Å². The lowest BCUT2D eigenvalue weighted by atomic mass is 9.97. The van der Waals surface area contributed by atoms with Gasteiger partial charge in [0.25, 0.3) is 0 Å². The molecule has 0 amide bonds. The normalized spacial score (nSPS) is 20.2. The Bertz CT molecular complexity index is 1720. The van der Waals surface area contributed by atoms with E-state index in [-0.39, 0.29) is 25.4 Å². The van der Waals surface area contributed by atoms with Gasteiger partial charge in [-0.2, -0.15) is 0 Å². The van der Waals surface area contributed by atoms with Gasteiger partial charge in [0.15, 0.2) is 0 Å². The van der Waals surface area contributed by atoms with Crippen LogP contribution in [-0.4, -0.2) is 50.4 Å². The Balaban J connectivity index is 1.33. The standard InChI is InChI=1S/C42H42O8/c1-44-36-25-15-14-24-35(36)41(43)50-42-40(48-29-34-22-12-5-13-23-34)39(47-28-33-20-10-4-11-21-33)38(46-27-32-18-8-3-9-19-32)37(49-42)30-45-26-31-16-6-2-7-17-31/h2-25,37-40,42H,26-30H2,1H3/t37-,38-,39+,40-,42+/m1/s1. The molecule has 258 valence electrons. The van der Waals surface area contributed by atoms with Crippen LogP contribution in [-0.2, 0) is 54.8 Å². The zero-order valence-electron chi connectivity index (χ0n) is 28.0. The molecular weight excluding hydrogens is 632 g/mol. The monoisotopic (exact) mass is 674 g/mol. The molecule has 1 aliphatic heterocycles. The van der Waals surface area contributed by atoms with Crippen LogP contribution in [0.15, 0.2) is 146 Å². The molecule has 5 aromatic rings. The highest BCUT2D eigenvalue weighted by molar-refractivity contribution is 5.92. The molecule has 0 spiro atoms. The van der Waals surface area contributed by atoms with Crippen molar-refractivity contribution in [3.05, 3.63) is 173 Å². The second kappa shape index (κ2) is 18.2. The summed E-state index contributed by atoms with van der Waals surface area (Å²) in [6, 6.07) is 46.4. The second-order valence-electron chi connectivity index (χ2n) is 11.9. The third-order valence-corrected chi connectivity index (χ3v) is 8.39. The first-order valence-electron chi connectivity index (χ1n) is 16.8. The molecule has 0 radical (unpaired) electrons. The van der Waals surface area contributed by atoms with E-state index in [4.69, 9.17) is 33.2 Å². The van der Waals surface area contributed by atoms with Crippen molar-refractivity contribution in [1.82, 2.24) is 0 Å². The van der Waals surface area contributed by atoms with Gasteiger partial charge in [-0.1, -0.05) is 133 Å². The summed E-state index contributed by atoms with van der Waals surface area (Å²) in [5.41, 5.74) is 4.19. The quantitative estimate of drug-likeness (QED) is 0.0993. The Hall–Kier alpha value is -4.83. The average molecular weight is 675 g/mol. The van der Waals surface area contributed by atoms with E-state index in [0.717, 1.165) is 22.3 Å². The Morgan fingerprint density at radius 1 is 0.540 bits per heavy atom. The summed E-state index contributed by atoms with van der Waals surface area (Å²) < 4.78 is 44.5. The fourth-order valence-corrected chi connectivity index (χ4v) is 5.82. The first kappa shape index (κ1) is 35.0. The summed E-state index contributed by atoms with van der Waals surface area (Å²) in [4.78, 5) is 13.8. The van der Waals surface area contributed by atoms with E-state index in [9.17, 15) is 4.79 Å². The minimum atomic E-state index is -1.17. The van der Waals surface area contributed by atoms with Crippen molar-refractivity contribution < 1.29 is 38.0 Å². The highest BCUT2D eigenvalue weighted by Gasteiger charge is 2.50. The molecule has 0 aromatic heterocycles. The third-order valence-electron chi connectivity index (χ3n) is 8.39. The van der Waals surface area contributed by atoms with Crippen LogP contribution in [0.3, 0.4) is 0 Å². The van der Waals surface area contributed by atoms with Crippen molar-refractivity contribution in [3.8, 4) is 5.75 Å². The number of rotatable bonds is 16. The van der Waals surface area contributed by atoms with E-state index in [1.165, 1.54) is 7.11 Å². The molecule has 0 saturated carbocycles. The van der Waals surface area contributed by atoms with Gasteiger partial charge in [0.05, 0.1) is 40.1 Å². The van der Waals surface area contributed by atoms with Crippen LogP contribution in [0.1, 0.15) is 32.6 Å². The lowest BCUT2D eigenvalue weighted by molar-refractivity contribution is -0.315. The zero-order chi connectivity index (χ0) is 34.4. The summed E-state index contributed by atoms with van der Waals surface area (Å²) >= 11 is 0. The summed E-state index contributed by atoms with van der Waals surface area (Å²) in [5.74, 6) is -0.228. The van der Waals surface area contributed by atoms with Gasteiger partial charge >= 0.3 is 5.97 Å². The molecule has 5 atom stereocenters. The first-order valence-corrected chi connectivity index (χ1v) is 16.8. The molecule has 8 heteroatoms. The SMILES string of the molecule is COc1ccccc1C(=O)O[C@@H]1O[C@H](COCc2ccccc2)[C@@H](OCc2ccccc2)[C@H](OCc2ccccc2)[C@H]1OCc1ccccc1. The van der Waals surface area contributed by atoms with Crippen LogP contribution in [0.5, 0.6) is 5.75 Å². The Morgan fingerprint density at radius 2 is 0.980 bits per heavy atom. The first-order chi connectivity index (χ1) is 24.7. The molecule has 0 aliphatic carbocycles. The van der Waals surface area contributed by atoms with Crippen molar-refractivity contribution in [2.75, 3.05) is 13.7 Å². The summed E-state index contributed by atoms with van der Waals surface area (Å²) in [7, 11) is 1.51. The van der Waals surface area contributed by atoms with Crippen LogP contribution < -0.4 is 4.74 Å². The number of esters is 1. The molecule has 0 unspecified atom stereocenters. The number of hydrogen-bond acceptors (Lipinski definition) is 8. The topological polar surface area (TPSA) is 81.7 Å². The third kappa shape index (κ3) is 9.65. The number of methoxy groups -OCH3 is 1. The Labute approximate surface area is 293 Å². The van der Waals surface area contributed by atoms with Gasteiger partial charge in [0, 0.05) is 0 Å². The predicted molar refractivity (Wildman–Crippen MR) is 188 cm³/mol. The smallest absolute Gasteiger partial charge is 0.344 e. The number of hydrogen-bond donors (Lipinski definition) is 0. The molecule has 0 N–H and O–H groups in total. The molecule has 1 aliphatic rings. The number of benzene rings is 5. The van der Waals surface area contributed by atoms with E-state index in [0.29, 0.717) is 19.0 Å². The predicted octanol–water partition coefficient (Wildman–Crippen LogP) is 7.55. The molecule has 1 saturated heterocycles. The van der Waals surface area contributed by atoms with Crippen LogP contribution in [0.2, 0.25) is 0 Å². The average Bonchev–Trinajstić information content (AvgIpc) is 3.17. The van der Waals surface area contributed by atoms with Crippen LogP contribution in [0.4, 0.5) is 0 Å². The molecule has 0 bridgehead atoms. The fourth-order valence-electron chi connectivity index (χ4n) is 5.82. The molecule has 1 heterocycles. The van der Waals surface area contributed by atoms with E-state index >= 15 is 0 Å². The Kier molecular flexibility index (Phi) is 12.8. The van der Waals surface area contributed by atoms with Crippen molar-refractivity contribution in [2.24, 2.45) is 0 Å². The van der Waals surface area contributed by atoms with Crippen molar-refractivity contribution >= 4 is 5.97 Å². The zero-order valence-corrected chi connectivity index (χ0v) is 28.0. The molecule has 50 heavy (non-hydrogen) atoms. The lowest BCUT2D eigenvalue weighted by Gasteiger charge is -2.45. The van der Waals surface area contributed by atoms with Gasteiger partial charge in [-0.3, -0.25) is 0 Å². The van der Waals surface area contributed by atoms with Gasteiger partial charge in [-0.25, -0.2) is 4.79 Å². The number of carbonyl (C=O) groups excluding carboxylic acids is 1. The molecular formula is C42H42O8. The minimum absolute atomic E-state index is 0.146. The number of carbonyl (C=O) groups is 1. The highest BCUT2D eigenvalue weighted by atomic mass is 16.7. The van der Waals surface area contributed by atoms with Gasteiger partial charge in [-0.05, 0) is 34.4 Å². The summed E-state index contributed by atoms with van der Waals surface area (Å²) in [5, 5.41) is 0. The van der Waals surface area contributed by atoms with E-state index in [1.54, 1.807) is 24.3 Å². The van der Waals surface area contributed by atoms with Gasteiger partial charge in [0.2, 0.25) is 6.29 Å². The summed E-state index contributed by atoms with van der Waals surface area (Å²) in [6.45, 7) is 1.30. The molecule has 1 fully saturated rings. The summed E-state index contributed by atoms with van der Waals surface area (Å²) in [6.07, 6.45) is -4.10. The van der Waals surface area contributed by atoms with Crippen molar-refractivity contribution in [1.29, 1.82) is 0 Å². The van der Waals surface area contributed by atoms with E-state index in [2.05, 4.69) is 0 Å². The second-order valence-corrected chi connectivity index (χ2v) is 11.9. The van der Waals surface area contributed by atoms with E-state index < -0.39 is 36.7 Å². The van der Waals surface area contributed by atoms with Gasteiger partial charge in [-0.15, -0.1) is 0 Å². The molecule has 8 nitrogen and oxygen atoms in total. The fraction of sp³-hybridized carbons (Fsp3) is 0.262. The molecule has 6 rings (SSSR count). The minimum Gasteiger partial charge on any atom is -0.496 e. The maximum Gasteiger partial charge on any atom is 0.344 e. The maximum absolute atomic E-state index is 13.8. The number of para-hydroxylation sites is 1. The van der Waals surface area contributed by atoms with Crippen LogP contribution in [0, 0.1) is 0 Å². The largest absolute Gasteiger partial charge is 0.496 e. The van der Waals surface area contributed by atoms with E-state index in [1.807, 2.05) is 121 Å². The van der Waals surface area contributed by atoms with Crippen molar-refractivity contribution in [2.45, 2.75) is 57.1 Å². The van der Waals surface area contributed by atoms with Gasteiger partial charge in [0.1, 0.15) is 35.7 Å². The molecule has 5 aromatic carbocycles.